The molecule has 230 valence electrons. The Morgan fingerprint density at radius 1 is 0.429 bits per heavy atom. The molecule has 4 nitrogen and oxygen atoms in total. The van der Waals surface area contributed by atoms with Gasteiger partial charge >= 0.3 is 0 Å². The summed E-state index contributed by atoms with van der Waals surface area (Å²) >= 11 is 0. The van der Waals surface area contributed by atoms with Crippen LogP contribution in [0.15, 0.2) is 182 Å². The molecule has 0 saturated carbocycles. The maximum atomic E-state index is 5.40. The second kappa shape index (κ2) is 10.8. The Labute approximate surface area is 285 Å². The molecule has 0 unspecified atom stereocenters. The van der Waals surface area contributed by atoms with E-state index >= 15 is 0 Å². The number of rotatable bonds is 4. The van der Waals surface area contributed by atoms with Gasteiger partial charge in [0.2, 0.25) is 0 Å². The molecule has 2 heterocycles. The van der Waals surface area contributed by atoms with Gasteiger partial charge in [0.15, 0.2) is 11.5 Å². The Morgan fingerprint density at radius 3 is 1.59 bits per heavy atom. The topological polar surface area (TPSA) is 32.3 Å². The molecule has 0 bridgehead atoms. The fourth-order valence-electron chi connectivity index (χ4n) is 8.07. The van der Waals surface area contributed by atoms with Crippen molar-refractivity contribution in [1.29, 1.82) is 0 Å². The summed E-state index contributed by atoms with van der Waals surface area (Å²) in [6.07, 6.45) is 2.04. The minimum Gasteiger partial charge on any atom is -0.309 e. The molecule has 4 heteroatoms. The van der Waals surface area contributed by atoms with Crippen molar-refractivity contribution >= 4 is 33.5 Å². The fraction of sp³-hybridized carbons (Fsp3) is 0.0222. The van der Waals surface area contributed by atoms with E-state index in [1.165, 1.54) is 33.0 Å². The number of hydrogen-bond acceptors (Lipinski definition) is 4. The highest BCUT2D eigenvalue weighted by Crippen LogP contribution is 2.63. The van der Waals surface area contributed by atoms with Crippen molar-refractivity contribution in [2.24, 2.45) is 0 Å². The van der Waals surface area contributed by atoms with Gasteiger partial charge in [-0.05, 0) is 40.8 Å². The Hall–Kier alpha value is -6.52. The zero-order chi connectivity index (χ0) is 32.4. The molecule has 0 radical (unpaired) electrons. The summed E-state index contributed by atoms with van der Waals surface area (Å²) in [6, 6.07) is 62.7. The van der Waals surface area contributed by atoms with E-state index in [1.54, 1.807) is 0 Å². The van der Waals surface area contributed by atoms with Gasteiger partial charge in [-0.15, -0.1) is 0 Å². The first-order chi connectivity index (χ1) is 24.3. The van der Waals surface area contributed by atoms with Crippen molar-refractivity contribution in [3.8, 4) is 33.8 Å². The van der Waals surface area contributed by atoms with Crippen LogP contribution in [-0.4, -0.2) is 9.97 Å². The number of nitrogens with zero attached hydrogens (tertiary/aromatic N) is 4. The first-order valence-electron chi connectivity index (χ1n) is 16.7. The standard InChI is InChI=1S/C45H30N4/c1-4-16-32(17-5-1)43-41(30-46-44(47-43)33-18-6-2-7-19-33)49-40-29-15-21-31-20-14-28-39(42(31)40)48(34-22-8-3-9-23-34)45(49)37-26-12-10-24-35(37)36-25-11-13-27-38(36)45/h1-30H. The van der Waals surface area contributed by atoms with Crippen LogP contribution in [0.3, 0.4) is 0 Å². The summed E-state index contributed by atoms with van der Waals surface area (Å²) in [4.78, 5) is 15.6. The molecule has 0 saturated heterocycles. The van der Waals surface area contributed by atoms with E-state index in [4.69, 9.17) is 9.97 Å². The van der Waals surface area contributed by atoms with Gasteiger partial charge in [0.05, 0.1) is 29.0 Å². The number of anilines is 4. The zero-order valence-electron chi connectivity index (χ0n) is 26.6. The molecular formula is C45H30N4. The van der Waals surface area contributed by atoms with Crippen LogP contribution in [0.1, 0.15) is 11.1 Å². The normalized spacial score (nSPS) is 13.8. The molecule has 1 aromatic heterocycles. The summed E-state index contributed by atoms with van der Waals surface area (Å²) < 4.78 is 0. The van der Waals surface area contributed by atoms with Gasteiger partial charge in [0.25, 0.3) is 0 Å². The van der Waals surface area contributed by atoms with Crippen LogP contribution in [0.25, 0.3) is 44.5 Å². The van der Waals surface area contributed by atoms with E-state index in [0.29, 0.717) is 5.82 Å². The molecule has 0 amide bonds. The third kappa shape index (κ3) is 3.92. The summed E-state index contributed by atoms with van der Waals surface area (Å²) in [6.45, 7) is 0. The van der Waals surface area contributed by atoms with Gasteiger partial charge < -0.3 is 9.80 Å². The Balaban J connectivity index is 1.40. The average molecular weight is 627 g/mol. The van der Waals surface area contributed by atoms with Crippen LogP contribution in [-0.2, 0) is 5.66 Å². The highest BCUT2D eigenvalue weighted by atomic mass is 15.4. The number of aromatic nitrogens is 2. The number of benzene rings is 7. The molecule has 0 fully saturated rings. The summed E-state index contributed by atoms with van der Waals surface area (Å²) in [5, 5.41) is 2.37. The maximum Gasteiger partial charge on any atom is 0.176 e. The van der Waals surface area contributed by atoms with Gasteiger partial charge in [0.1, 0.15) is 0 Å². The lowest BCUT2D eigenvalue weighted by molar-refractivity contribution is 0.540. The van der Waals surface area contributed by atoms with E-state index in [0.717, 1.165) is 39.6 Å². The molecule has 10 rings (SSSR count). The lowest BCUT2D eigenvalue weighted by Crippen LogP contribution is -2.57. The average Bonchev–Trinajstić information content (AvgIpc) is 3.46. The molecule has 2 aliphatic rings. The molecule has 0 atom stereocenters. The molecule has 1 aliphatic carbocycles. The molecule has 7 aromatic carbocycles. The minimum absolute atomic E-state index is 0.694. The minimum atomic E-state index is -0.821. The van der Waals surface area contributed by atoms with E-state index in [2.05, 4.69) is 168 Å². The second-order valence-corrected chi connectivity index (χ2v) is 12.6. The van der Waals surface area contributed by atoms with Crippen molar-refractivity contribution in [3.63, 3.8) is 0 Å². The SMILES string of the molecule is c1ccc(-c2ncc(N3c4cccc5cccc(c45)N(c4ccccc4)C34c3ccccc3-c3ccccc34)c(-c3ccccc3)n2)cc1. The fourth-order valence-corrected chi connectivity index (χ4v) is 8.07. The first kappa shape index (κ1) is 27.6. The molecule has 0 N–H and O–H groups in total. The smallest absolute Gasteiger partial charge is 0.176 e. The van der Waals surface area contributed by atoms with Crippen molar-refractivity contribution in [2.75, 3.05) is 9.80 Å². The van der Waals surface area contributed by atoms with Crippen LogP contribution in [0.5, 0.6) is 0 Å². The molecular weight excluding hydrogens is 597 g/mol. The van der Waals surface area contributed by atoms with Crippen molar-refractivity contribution in [2.45, 2.75) is 5.66 Å². The van der Waals surface area contributed by atoms with Crippen molar-refractivity contribution in [1.82, 2.24) is 9.97 Å². The summed E-state index contributed by atoms with van der Waals surface area (Å²) in [7, 11) is 0. The van der Waals surface area contributed by atoms with Crippen LogP contribution in [0.2, 0.25) is 0 Å². The van der Waals surface area contributed by atoms with E-state index in [-0.39, 0.29) is 0 Å². The quantitative estimate of drug-likeness (QED) is 0.195. The highest BCUT2D eigenvalue weighted by molar-refractivity contribution is 6.11. The first-order valence-corrected chi connectivity index (χ1v) is 16.7. The Bertz CT molecular complexity index is 2460. The highest BCUT2D eigenvalue weighted by Gasteiger charge is 2.56. The maximum absolute atomic E-state index is 5.40. The monoisotopic (exact) mass is 626 g/mol. The van der Waals surface area contributed by atoms with Crippen molar-refractivity contribution < 1.29 is 0 Å². The van der Waals surface area contributed by atoms with Crippen LogP contribution in [0.4, 0.5) is 22.7 Å². The van der Waals surface area contributed by atoms with Gasteiger partial charge in [-0.25, -0.2) is 9.97 Å². The summed E-state index contributed by atoms with van der Waals surface area (Å²) in [5.74, 6) is 0.694. The number of para-hydroxylation sites is 1. The van der Waals surface area contributed by atoms with Crippen LogP contribution in [0, 0.1) is 0 Å². The van der Waals surface area contributed by atoms with E-state index in [1.807, 2.05) is 24.4 Å². The molecule has 8 aromatic rings. The van der Waals surface area contributed by atoms with Crippen molar-refractivity contribution in [3.05, 3.63) is 193 Å². The zero-order valence-corrected chi connectivity index (χ0v) is 26.6. The third-order valence-electron chi connectivity index (χ3n) is 9.99. The van der Waals surface area contributed by atoms with Crippen LogP contribution >= 0.6 is 0 Å². The molecule has 1 aliphatic heterocycles. The van der Waals surface area contributed by atoms with Gasteiger partial charge in [-0.3, -0.25) is 0 Å². The lowest BCUT2D eigenvalue weighted by Gasteiger charge is -2.55. The number of fused-ring (bicyclic) bond motifs is 5. The van der Waals surface area contributed by atoms with Crippen LogP contribution < -0.4 is 9.80 Å². The third-order valence-corrected chi connectivity index (χ3v) is 9.99. The largest absolute Gasteiger partial charge is 0.309 e. The summed E-state index contributed by atoms with van der Waals surface area (Å²) in [5.41, 5.74) is 11.2. The van der Waals surface area contributed by atoms with Gasteiger partial charge in [0, 0.05) is 33.3 Å². The number of hydrogen-bond donors (Lipinski definition) is 0. The lowest BCUT2D eigenvalue weighted by atomic mass is 9.85. The second-order valence-electron chi connectivity index (χ2n) is 12.6. The molecule has 1 spiro atoms. The Kier molecular flexibility index (Phi) is 6.06. The predicted molar refractivity (Wildman–Crippen MR) is 200 cm³/mol. The van der Waals surface area contributed by atoms with Gasteiger partial charge in [-0.1, -0.05) is 152 Å². The molecule has 49 heavy (non-hydrogen) atoms. The van der Waals surface area contributed by atoms with E-state index in [9.17, 15) is 0 Å². The predicted octanol–water partition coefficient (Wildman–Crippen LogP) is 11.1. The Morgan fingerprint density at radius 2 is 0.959 bits per heavy atom. The van der Waals surface area contributed by atoms with E-state index < -0.39 is 5.66 Å². The van der Waals surface area contributed by atoms with Gasteiger partial charge in [-0.2, -0.15) is 0 Å².